The summed E-state index contributed by atoms with van der Waals surface area (Å²) in [4.78, 5) is 32.8. The van der Waals surface area contributed by atoms with Crippen molar-refractivity contribution < 1.29 is 23.0 Å². The summed E-state index contributed by atoms with van der Waals surface area (Å²) >= 11 is 2.70. The number of esters is 1. The van der Waals surface area contributed by atoms with E-state index in [1.54, 1.807) is 50.7 Å². The summed E-state index contributed by atoms with van der Waals surface area (Å²) < 4.78 is 37.6. The summed E-state index contributed by atoms with van der Waals surface area (Å²) in [7, 11) is 0. The smallest absolute Gasteiger partial charge is 0.387 e. The average Bonchev–Trinajstić information content (AvgIpc) is 3.13. The number of carbonyl (C=O) groups is 1. The third-order valence-corrected chi connectivity index (χ3v) is 7.16. The second-order valence-corrected chi connectivity index (χ2v) is 10.1. The van der Waals surface area contributed by atoms with Crippen molar-refractivity contribution in [2.45, 2.75) is 44.4 Å². The number of benzene rings is 2. The van der Waals surface area contributed by atoms with Crippen molar-refractivity contribution >= 4 is 35.1 Å². The Morgan fingerprint density at radius 3 is 2.50 bits per heavy atom. The molecular weight excluding hydrogens is 506 g/mol. The van der Waals surface area contributed by atoms with Gasteiger partial charge in [0.1, 0.15) is 5.75 Å². The fourth-order valence-corrected chi connectivity index (χ4v) is 5.35. The van der Waals surface area contributed by atoms with Gasteiger partial charge >= 0.3 is 12.6 Å². The fraction of sp³-hybridized carbons (Fsp3) is 0.269. The molecule has 1 atom stereocenters. The number of hydrogen-bond acceptors (Lipinski definition) is 7. The molecule has 188 valence electrons. The van der Waals surface area contributed by atoms with Crippen molar-refractivity contribution in [3.05, 3.63) is 90.6 Å². The van der Waals surface area contributed by atoms with Crippen molar-refractivity contribution in [3.8, 4) is 5.75 Å². The number of rotatable bonds is 7. The first-order valence-corrected chi connectivity index (χ1v) is 13.1. The third-order valence-electron chi connectivity index (χ3n) is 5.44. The maximum absolute atomic E-state index is 13.7. The van der Waals surface area contributed by atoms with Crippen LogP contribution in [-0.4, -0.2) is 29.5 Å². The van der Waals surface area contributed by atoms with Gasteiger partial charge in [-0.2, -0.15) is 8.78 Å². The van der Waals surface area contributed by atoms with Gasteiger partial charge in [-0.15, -0.1) is 11.8 Å². The highest BCUT2D eigenvalue weighted by molar-refractivity contribution is 7.98. The molecule has 0 aliphatic carbocycles. The van der Waals surface area contributed by atoms with Gasteiger partial charge in [-0.05, 0) is 56.9 Å². The third kappa shape index (κ3) is 5.29. The molecule has 4 rings (SSSR count). The van der Waals surface area contributed by atoms with Gasteiger partial charge in [0.2, 0.25) is 0 Å². The predicted octanol–water partition coefficient (Wildman–Crippen LogP) is 4.51. The Morgan fingerprint density at radius 1 is 1.17 bits per heavy atom. The molecule has 0 saturated heterocycles. The van der Waals surface area contributed by atoms with E-state index in [2.05, 4.69) is 9.73 Å². The van der Waals surface area contributed by atoms with Crippen LogP contribution in [-0.2, 0) is 9.53 Å². The molecule has 36 heavy (non-hydrogen) atoms. The second-order valence-electron chi connectivity index (χ2n) is 8.23. The average molecular weight is 531 g/mol. The van der Waals surface area contributed by atoms with E-state index in [9.17, 15) is 18.4 Å². The number of aromatic nitrogens is 1. The number of alkyl halides is 2. The lowest BCUT2D eigenvalue weighted by molar-refractivity contribution is -0.143. The SMILES string of the molecule is CSc1ccc([C@@H]2C(C(=O)OC(C)C)=C(C)N=c3s/c(=C\c4ccccc4OC(F)F)c(=O)n32)cc1. The van der Waals surface area contributed by atoms with Crippen LogP contribution in [0.2, 0.25) is 0 Å². The van der Waals surface area contributed by atoms with Gasteiger partial charge in [-0.25, -0.2) is 9.79 Å². The van der Waals surface area contributed by atoms with Gasteiger partial charge in [0, 0.05) is 10.5 Å². The molecule has 0 unspecified atom stereocenters. The second kappa shape index (κ2) is 10.8. The Balaban J connectivity index is 1.92. The van der Waals surface area contributed by atoms with E-state index < -0.39 is 24.2 Å². The number of halogens is 2. The summed E-state index contributed by atoms with van der Waals surface area (Å²) in [5.74, 6) is -0.588. The first-order chi connectivity index (χ1) is 17.2. The number of ether oxygens (including phenoxy) is 2. The van der Waals surface area contributed by atoms with Crippen LogP contribution in [0.3, 0.4) is 0 Å². The maximum atomic E-state index is 13.7. The van der Waals surface area contributed by atoms with E-state index in [1.165, 1.54) is 16.7 Å². The highest BCUT2D eigenvalue weighted by Gasteiger charge is 2.33. The summed E-state index contributed by atoms with van der Waals surface area (Å²) in [5.41, 5.74) is 1.40. The molecule has 0 bridgehead atoms. The summed E-state index contributed by atoms with van der Waals surface area (Å²) in [6.07, 6.45) is 3.11. The molecule has 0 spiro atoms. The van der Waals surface area contributed by atoms with Gasteiger partial charge in [0.15, 0.2) is 4.80 Å². The number of fused-ring (bicyclic) bond motifs is 1. The number of thiazole rings is 1. The zero-order valence-corrected chi connectivity index (χ0v) is 21.7. The highest BCUT2D eigenvalue weighted by atomic mass is 32.2. The summed E-state index contributed by atoms with van der Waals surface area (Å²) in [6, 6.07) is 13.1. The van der Waals surface area contributed by atoms with Crippen molar-refractivity contribution in [2.24, 2.45) is 4.99 Å². The molecule has 0 amide bonds. The first-order valence-electron chi connectivity index (χ1n) is 11.1. The van der Waals surface area contributed by atoms with E-state index in [4.69, 9.17) is 4.74 Å². The van der Waals surface area contributed by atoms with Crippen LogP contribution >= 0.6 is 23.1 Å². The Bertz CT molecular complexity index is 1490. The topological polar surface area (TPSA) is 69.9 Å². The van der Waals surface area contributed by atoms with Gasteiger partial charge in [-0.1, -0.05) is 41.7 Å². The fourth-order valence-electron chi connectivity index (χ4n) is 3.91. The molecular formula is C26H24F2N2O4S2. The van der Waals surface area contributed by atoms with Crippen LogP contribution in [0.1, 0.15) is 37.9 Å². The van der Waals surface area contributed by atoms with Gasteiger partial charge in [0.05, 0.1) is 27.9 Å². The van der Waals surface area contributed by atoms with Crippen molar-refractivity contribution in [2.75, 3.05) is 6.26 Å². The molecule has 3 aromatic rings. The minimum atomic E-state index is -3.00. The Morgan fingerprint density at radius 2 is 1.86 bits per heavy atom. The molecule has 0 radical (unpaired) electrons. The predicted molar refractivity (Wildman–Crippen MR) is 136 cm³/mol. The quantitative estimate of drug-likeness (QED) is 0.332. The number of allylic oxidation sites excluding steroid dienone is 1. The van der Waals surface area contributed by atoms with Crippen LogP contribution in [0, 0.1) is 0 Å². The molecule has 1 aromatic heterocycles. The van der Waals surface area contributed by atoms with E-state index in [0.29, 0.717) is 16.1 Å². The summed E-state index contributed by atoms with van der Waals surface area (Å²) in [6.45, 7) is 2.22. The van der Waals surface area contributed by atoms with Crippen molar-refractivity contribution in [1.29, 1.82) is 0 Å². The van der Waals surface area contributed by atoms with E-state index in [-0.39, 0.29) is 22.0 Å². The lowest BCUT2D eigenvalue weighted by Gasteiger charge is -2.25. The van der Waals surface area contributed by atoms with Crippen molar-refractivity contribution in [1.82, 2.24) is 4.57 Å². The van der Waals surface area contributed by atoms with Crippen LogP contribution in [0.5, 0.6) is 5.75 Å². The highest BCUT2D eigenvalue weighted by Crippen LogP contribution is 2.32. The Labute approximate surface area is 214 Å². The minimum absolute atomic E-state index is 0.0417. The molecule has 1 aliphatic heterocycles. The number of thioether (sulfide) groups is 1. The molecule has 2 aromatic carbocycles. The number of para-hydroxylation sites is 1. The Hall–Kier alpha value is -3.24. The van der Waals surface area contributed by atoms with Gasteiger partial charge < -0.3 is 9.47 Å². The van der Waals surface area contributed by atoms with E-state index >= 15 is 0 Å². The molecule has 6 nitrogen and oxygen atoms in total. The zero-order chi connectivity index (χ0) is 26.0. The largest absolute Gasteiger partial charge is 0.459 e. The number of carbonyl (C=O) groups excluding carboxylic acids is 1. The normalized spacial score (nSPS) is 15.8. The van der Waals surface area contributed by atoms with Gasteiger partial charge in [-0.3, -0.25) is 9.36 Å². The van der Waals surface area contributed by atoms with Crippen LogP contribution < -0.4 is 19.6 Å². The first kappa shape index (κ1) is 25.8. The minimum Gasteiger partial charge on any atom is -0.459 e. The molecule has 1 aliphatic rings. The molecule has 10 heteroatoms. The summed E-state index contributed by atoms with van der Waals surface area (Å²) in [5, 5.41) is 0. The molecule has 2 heterocycles. The lowest BCUT2D eigenvalue weighted by atomic mass is 9.96. The maximum Gasteiger partial charge on any atom is 0.387 e. The monoisotopic (exact) mass is 530 g/mol. The lowest BCUT2D eigenvalue weighted by Crippen LogP contribution is -2.40. The zero-order valence-electron chi connectivity index (χ0n) is 20.0. The molecule has 0 fully saturated rings. The van der Waals surface area contributed by atoms with E-state index in [0.717, 1.165) is 21.8 Å². The van der Waals surface area contributed by atoms with Crippen LogP contribution in [0.15, 0.2) is 74.5 Å². The van der Waals surface area contributed by atoms with Crippen LogP contribution in [0.25, 0.3) is 6.08 Å². The molecule has 0 N–H and O–H groups in total. The van der Waals surface area contributed by atoms with E-state index in [1.807, 2.05) is 30.5 Å². The Kier molecular flexibility index (Phi) is 7.75. The molecule has 0 saturated carbocycles. The van der Waals surface area contributed by atoms with Crippen LogP contribution in [0.4, 0.5) is 8.78 Å². The standard InChI is InChI=1S/C26H24F2N2O4S2/c1-14(2)33-24(32)21-15(3)29-26-30(22(21)16-9-11-18(35-4)12-10-16)23(31)20(36-26)13-17-7-5-6-8-19(17)34-25(27)28/h5-14,22,25H,1-4H3/b20-13-/t22-/m1/s1. The van der Waals surface area contributed by atoms with Crippen molar-refractivity contribution in [3.63, 3.8) is 0 Å². The number of hydrogen-bond donors (Lipinski definition) is 0. The number of nitrogens with zero attached hydrogens (tertiary/aromatic N) is 2. The van der Waals surface area contributed by atoms with Gasteiger partial charge in [0.25, 0.3) is 5.56 Å².